The van der Waals surface area contributed by atoms with Gasteiger partial charge in [0.05, 0.1) is 0 Å². The molecule has 4 heteroatoms. The molecule has 1 aliphatic heterocycles. The summed E-state index contributed by atoms with van der Waals surface area (Å²) in [6.07, 6.45) is 7.21. The van der Waals surface area contributed by atoms with Crippen molar-refractivity contribution < 1.29 is 14.3 Å². The maximum absolute atomic E-state index is 12.2. The average molecular weight is 285 g/mol. The van der Waals surface area contributed by atoms with Gasteiger partial charge in [0.1, 0.15) is 5.75 Å². The quantitative estimate of drug-likeness (QED) is 0.612. The van der Waals surface area contributed by atoms with Crippen LogP contribution in [0, 0.1) is 0 Å². The van der Waals surface area contributed by atoms with Crippen LogP contribution in [0.2, 0.25) is 0 Å². The number of para-hydroxylation sites is 1. The normalized spacial score (nSPS) is 17.6. The first-order valence-corrected chi connectivity index (χ1v) is 7.08. The lowest BCUT2D eigenvalue weighted by Gasteiger charge is -2.30. The Kier molecular flexibility index (Phi) is 5.32. The number of ether oxygens (including phenoxy) is 1. The molecule has 0 N–H and O–H groups in total. The largest absolute Gasteiger partial charge is 0.419 e. The zero-order chi connectivity index (χ0) is 15.1. The first-order valence-electron chi connectivity index (χ1n) is 7.08. The molecule has 0 fully saturated rings. The van der Waals surface area contributed by atoms with Crippen molar-refractivity contribution in [2.45, 2.75) is 31.7 Å². The highest BCUT2D eigenvalue weighted by atomic mass is 16.6. The monoisotopic (exact) mass is 285 g/mol. The first kappa shape index (κ1) is 15.0. The highest BCUT2D eigenvalue weighted by Gasteiger charge is 2.28. The molecule has 2 rings (SSSR count). The van der Waals surface area contributed by atoms with Gasteiger partial charge in [0, 0.05) is 18.7 Å². The summed E-state index contributed by atoms with van der Waals surface area (Å²) in [6, 6.07) is 8.78. The first-order chi connectivity index (χ1) is 10.2. The maximum atomic E-state index is 12.2. The van der Waals surface area contributed by atoms with E-state index >= 15 is 0 Å². The van der Waals surface area contributed by atoms with Crippen LogP contribution in [0.5, 0.6) is 5.75 Å². The minimum atomic E-state index is -0.450. The third-order valence-electron chi connectivity index (χ3n) is 3.36. The molecular formula is C17H19NO3. The van der Waals surface area contributed by atoms with Gasteiger partial charge in [0.2, 0.25) is 0 Å². The molecule has 0 bridgehead atoms. The average Bonchev–Trinajstić information content (AvgIpc) is 2.48. The molecule has 0 aliphatic carbocycles. The SMILES string of the molecule is C=CCCC[C@@H]1CC(=O)C=CN1C(=O)Oc1ccccc1. The number of hydrogen-bond donors (Lipinski definition) is 0. The zero-order valence-electron chi connectivity index (χ0n) is 11.9. The summed E-state index contributed by atoms with van der Waals surface area (Å²) in [5.41, 5.74) is 0. The molecule has 0 aromatic heterocycles. The van der Waals surface area contributed by atoms with Crippen LogP contribution < -0.4 is 4.74 Å². The van der Waals surface area contributed by atoms with E-state index in [0.717, 1.165) is 19.3 Å². The fourth-order valence-corrected chi connectivity index (χ4v) is 2.27. The molecule has 0 unspecified atom stereocenters. The van der Waals surface area contributed by atoms with E-state index in [1.807, 2.05) is 12.1 Å². The lowest BCUT2D eigenvalue weighted by Crippen LogP contribution is -2.41. The van der Waals surface area contributed by atoms with E-state index in [4.69, 9.17) is 4.74 Å². The second-order valence-electron chi connectivity index (χ2n) is 4.95. The molecule has 110 valence electrons. The highest BCUT2D eigenvalue weighted by molar-refractivity contribution is 5.92. The smallest absolute Gasteiger partial charge is 0.410 e. The van der Waals surface area contributed by atoms with E-state index < -0.39 is 6.09 Å². The van der Waals surface area contributed by atoms with Crippen molar-refractivity contribution in [2.75, 3.05) is 0 Å². The van der Waals surface area contributed by atoms with Crippen molar-refractivity contribution in [2.24, 2.45) is 0 Å². The third kappa shape index (κ3) is 4.31. The highest BCUT2D eigenvalue weighted by Crippen LogP contribution is 2.20. The Hall–Kier alpha value is -2.36. The van der Waals surface area contributed by atoms with Crippen molar-refractivity contribution in [1.29, 1.82) is 0 Å². The van der Waals surface area contributed by atoms with Crippen LogP contribution in [0.25, 0.3) is 0 Å². The van der Waals surface area contributed by atoms with Gasteiger partial charge in [0.25, 0.3) is 0 Å². The van der Waals surface area contributed by atoms with Crippen LogP contribution in [0.4, 0.5) is 4.79 Å². The number of allylic oxidation sites excluding steroid dienone is 2. The minimum Gasteiger partial charge on any atom is -0.410 e. The molecule has 1 aliphatic rings. The number of amides is 1. The Morgan fingerprint density at radius 2 is 2.14 bits per heavy atom. The van der Waals surface area contributed by atoms with Crippen LogP contribution in [-0.2, 0) is 4.79 Å². The molecule has 4 nitrogen and oxygen atoms in total. The molecule has 0 saturated carbocycles. The Bertz CT molecular complexity index is 536. The third-order valence-corrected chi connectivity index (χ3v) is 3.36. The predicted octanol–water partition coefficient (Wildman–Crippen LogP) is 3.70. The number of rotatable bonds is 5. The summed E-state index contributed by atoms with van der Waals surface area (Å²) in [5.74, 6) is 0.542. The Balaban J connectivity index is 2.03. The van der Waals surface area contributed by atoms with Crippen molar-refractivity contribution in [3.63, 3.8) is 0 Å². The van der Waals surface area contributed by atoms with Crippen LogP contribution in [0.3, 0.4) is 0 Å². The van der Waals surface area contributed by atoms with E-state index in [9.17, 15) is 9.59 Å². The summed E-state index contributed by atoms with van der Waals surface area (Å²) in [6.45, 7) is 3.68. The summed E-state index contributed by atoms with van der Waals surface area (Å²) < 4.78 is 5.33. The summed E-state index contributed by atoms with van der Waals surface area (Å²) >= 11 is 0. The molecule has 1 amide bonds. The number of unbranched alkanes of at least 4 members (excludes halogenated alkanes) is 1. The van der Waals surface area contributed by atoms with E-state index in [0.29, 0.717) is 12.2 Å². The summed E-state index contributed by atoms with van der Waals surface area (Å²) in [7, 11) is 0. The Morgan fingerprint density at radius 3 is 2.86 bits per heavy atom. The molecule has 0 saturated heterocycles. The van der Waals surface area contributed by atoms with E-state index in [1.165, 1.54) is 17.2 Å². The topological polar surface area (TPSA) is 46.6 Å². The zero-order valence-corrected chi connectivity index (χ0v) is 11.9. The lowest BCUT2D eigenvalue weighted by atomic mass is 10.00. The molecule has 21 heavy (non-hydrogen) atoms. The molecule has 1 heterocycles. The van der Waals surface area contributed by atoms with Gasteiger partial charge in [-0.1, -0.05) is 24.3 Å². The van der Waals surface area contributed by atoms with Crippen LogP contribution in [-0.4, -0.2) is 22.8 Å². The molecule has 1 atom stereocenters. The number of carbonyl (C=O) groups excluding carboxylic acids is 2. The van der Waals surface area contributed by atoms with Gasteiger partial charge in [-0.05, 0) is 37.5 Å². The van der Waals surface area contributed by atoms with Crippen LogP contribution in [0.1, 0.15) is 25.7 Å². The van der Waals surface area contributed by atoms with Crippen LogP contribution >= 0.6 is 0 Å². The predicted molar refractivity (Wildman–Crippen MR) is 80.9 cm³/mol. The maximum Gasteiger partial charge on any atom is 0.419 e. The number of benzene rings is 1. The molecule has 0 spiro atoms. The van der Waals surface area contributed by atoms with Crippen molar-refractivity contribution in [3.8, 4) is 5.75 Å². The molecular weight excluding hydrogens is 266 g/mol. The van der Waals surface area contributed by atoms with Gasteiger partial charge < -0.3 is 4.74 Å². The van der Waals surface area contributed by atoms with Gasteiger partial charge in [0.15, 0.2) is 5.78 Å². The Labute approximate surface area is 124 Å². The van der Waals surface area contributed by atoms with Gasteiger partial charge in [-0.25, -0.2) is 4.79 Å². The fraction of sp³-hybridized carbons (Fsp3) is 0.294. The van der Waals surface area contributed by atoms with Gasteiger partial charge >= 0.3 is 6.09 Å². The van der Waals surface area contributed by atoms with Crippen molar-refractivity contribution in [3.05, 3.63) is 55.3 Å². The van der Waals surface area contributed by atoms with E-state index in [1.54, 1.807) is 24.3 Å². The molecule has 0 radical (unpaired) electrons. The Morgan fingerprint density at radius 1 is 1.38 bits per heavy atom. The number of hydrogen-bond acceptors (Lipinski definition) is 3. The number of nitrogens with zero attached hydrogens (tertiary/aromatic N) is 1. The van der Waals surface area contributed by atoms with Crippen molar-refractivity contribution in [1.82, 2.24) is 4.90 Å². The number of ketones is 1. The molecule has 1 aromatic rings. The second-order valence-corrected chi connectivity index (χ2v) is 4.95. The van der Waals surface area contributed by atoms with Gasteiger partial charge in [-0.3, -0.25) is 9.69 Å². The van der Waals surface area contributed by atoms with Crippen molar-refractivity contribution >= 4 is 11.9 Å². The standard InChI is InChI=1S/C17H19NO3/c1-2-3-5-8-14-13-15(19)11-12-18(14)17(20)21-16-9-6-4-7-10-16/h2,4,6-7,9-12,14H,1,3,5,8,13H2/t14-/m1/s1. The van der Waals surface area contributed by atoms with E-state index in [2.05, 4.69) is 6.58 Å². The second kappa shape index (κ2) is 7.43. The number of carbonyl (C=O) groups is 2. The minimum absolute atomic E-state index is 0.0439. The van der Waals surface area contributed by atoms with E-state index in [-0.39, 0.29) is 11.8 Å². The fourth-order valence-electron chi connectivity index (χ4n) is 2.27. The summed E-state index contributed by atoms with van der Waals surface area (Å²) in [4.78, 5) is 25.3. The summed E-state index contributed by atoms with van der Waals surface area (Å²) in [5, 5.41) is 0. The molecule has 1 aromatic carbocycles. The lowest BCUT2D eigenvalue weighted by molar-refractivity contribution is -0.116. The van der Waals surface area contributed by atoms with Crippen LogP contribution in [0.15, 0.2) is 55.3 Å². The van der Waals surface area contributed by atoms with Gasteiger partial charge in [-0.15, -0.1) is 6.58 Å². The van der Waals surface area contributed by atoms with Gasteiger partial charge in [-0.2, -0.15) is 0 Å².